The maximum absolute atomic E-state index is 13.9. The van der Waals surface area contributed by atoms with E-state index in [0.717, 1.165) is 16.6 Å². The van der Waals surface area contributed by atoms with Crippen LogP contribution in [0.3, 0.4) is 0 Å². The Morgan fingerprint density at radius 3 is 2.62 bits per heavy atom. The number of nitrogens with zero attached hydrogens (tertiary/aromatic N) is 5. The summed E-state index contributed by atoms with van der Waals surface area (Å²) in [6, 6.07) is 21.5. The monoisotopic (exact) mass is 494 g/mol. The van der Waals surface area contributed by atoms with Crippen molar-refractivity contribution >= 4 is 22.8 Å². The predicted octanol–water partition coefficient (Wildman–Crippen LogP) is 3.81. The number of aromatic nitrogens is 4. The molecule has 0 saturated carbocycles. The van der Waals surface area contributed by atoms with Crippen LogP contribution in [0.2, 0.25) is 0 Å². The highest BCUT2D eigenvalue weighted by atomic mass is 16.3. The van der Waals surface area contributed by atoms with Crippen molar-refractivity contribution in [3.8, 4) is 0 Å². The van der Waals surface area contributed by atoms with Gasteiger partial charge in [-0.1, -0.05) is 53.2 Å². The summed E-state index contributed by atoms with van der Waals surface area (Å²) in [6.45, 7) is 2.35. The quantitative estimate of drug-likeness (QED) is 0.334. The minimum Gasteiger partial charge on any atom is -0.467 e. The Morgan fingerprint density at radius 1 is 1.03 bits per heavy atom. The Balaban J connectivity index is 1.50. The molecule has 0 fully saturated rings. The number of nitrogens with one attached hydrogen (secondary N) is 1. The molecule has 9 heteroatoms. The molecule has 186 valence electrons. The third-order valence-electron chi connectivity index (χ3n) is 6.08. The third kappa shape index (κ3) is 5.56. The lowest BCUT2D eigenvalue weighted by Crippen LogP contribution is -2.44. The van der Waals surface area contributed by atoms with Gasteiger partial charge < -0.3 is 14.6 Å². The van der Waals surface area contributed by atoms with Gasteiger partial charge in [0, 0.05) is 24.5 Å². The lowest BCUT2D eigenvalue weighted by Gasteiger charge is -2.31. The fourth-order valence-corrected chi connectivity index (χ4v) is 4.16. The molecule has 0 aliphatic carbocycles. The number of pyridine rings is 1. The molecule has 0 aliphatic rings. The number of benzene rings is 2. The average molecular weight is 495 g/mol. The van der Waals surface area contributed by atoms with Crippen molar-refractivity contribution in [2.24, 2.45) is 0 Å². The van der Waals surface area contributed by atoms with E-state index in [1.807, 2.05) is 55.5 Å². The summed E-state index contributed by atoms with van der Waals surface area (Å²) >= 11 is 0. The highest BCUT2D eigenvalue weighted by molar-refractivity contribution is 5.89. The first kappa shape index (κ1) is 23.9. The standard InChI is InChI=1S/C28H26N6O3/c1-20-10-12-21(13-11-20)18-33(26(35)19-34-25-9-3-2-8-24(25)31-32-34)27(22-6-4-14-29-16-22)28(36)30-17-23-7-5-15-37-23/h2-16,27H,17-19H2,1H3,(H,30,36). The summed E-state index contributed by atoms with van der Waals surface area (Å²) in [5.74, 6) is -0.00433. The topological polar surface area (TPSA) is 106 Å². The Hall–Kier alpha value is -4.79. The molecule has 0 bridgehead atoms. The fraction of sp³-hybridized carbons (Fsp3) is 0.179. The van der Waals surface area contributed by atoms with Gasteiger partial charge in [-0.3, -0.25) is 14.6 Å². The van der Waals surface area contributed by atoms with Crippen LogP contribution in [0.1, 0.15) is 28.5 Å². The SMILES string of the molecule is Cc1ccc(CN(C(=O)Cn2nnc3ccccc32)C(C(=O)NCc2ccco2)c2cccnc2)cc1. The minimum atomic E-state index is -0.924. The van der Waals surface area contributed by atoms with Gasteiger partial charge in [-0.25, -0.2) is 4.68 Å². The molecule has 1 unspecified atom stereocenters. The number of amides is 2. The zero-order valence-electron chi connectivity index (χ0n) is 20.3. The largest absolute Gasteiger partial charge is 0.467 e. The number of hydrogen-bond donors (Lipinski definition) is 1. The third-order valence-corrected chi connectivity index (χ3v) is 6.08. The summed E-state index contributed by atoms with van der Waals surface area (Å²) in [4.78, 5) is 33.3. The van der Waals surface area contributed by atoms with Crippen LogP contribution in [0.5, 0.6) is 0 Å². The number of aryl methyl sites for hydroxylation is 1. The predicted molar refractivity (Wildman–Crippen MR) is 137 cm³/mol. The first-order valence-electron chi connectivity index (χ1n) is 11.9. The molecular weight excluding hydrogens is 468 g/mol. The zero-order chi connectivity index (χ0) is 25.6. The van der Waals surface area contributed by atoms with Crippen LogP contribution in [-0.2, 0) is 29.2 Å². The van der Waals surface area contributed by atoms with Gasteiger partial charge in [0.1, 0.15) is 23.9 Å². The normalized spacial score (nSPS) is 11.8. The van der Waals surface area contributed by atoms with Crippen LogP contribution in [0.4, 0.5) is 0 Å². The second-order valence-electron chi connectivity index (χ2n) is 8.73. The number of rotatable bonds is 9. The molecule has 0 aliphatic heterocycles. The lowest BCUT2D eigenvalue weighted by atomic mass is 10.0. The number of fused-ring (bicyclic) bond motifs is 1. The van der Waals surface area contributed by atoms with E-state index in [-0.39, 0.29) is 31.4 Å². The van der Waals surface area contributed by atoms with Gasteiger partial charge in [0.05, 0.1) is 18.3 Å². The number of carbonyl (C=O) groups is 2. The molecule has 0 radical (unpaired) electrons. The van der Waals surface area contributed by atoms with Crippen LogP contribution in [0, 0.1) is 6.92 Å². The van der Waals surface area contributed by atoms with Crippen LogP contribution in [-0.4, -0.2) is 36.7 Å². The molecule has 9 nitrogen and oxygen atoms in total. The summed E-state index contributed by atoms with van der Waals surface area (Å²) < 4.78 is 6.93. The Labute approximate surface area is 213 Å². The Bertz CT molecular complexity index is 1480. The van der Waals surface area contributed by atoms with E-state index >= 15 is 0 Å². The van der Waals surface area contributed by atoms with Crippen LogP contribution < -0.4 is 5.32 Å². The molecule has 5 aromatic rings. The average Bonchev–Trinajstić information content (AvgIpc) is 3.59. The van der Waals surface area contributed by atoms with Gasteiger partial charge in [-0.15, -0.1) is 5.10 Å². The molecule has 3 aromatic heterocycles. The number of carbonyl (C=O) groups excluding carboxylic acids is 2. The van der Waals surface area contributed by atoms with Crippen molar-refractivity contribution in [3.05, 3.63) is 114 Å². The summed E-state index contributed by atoms with van der Waals surface area (Å²) in [6.07, 6.45) is 4.79. The molecule has 1 atom stereocenters. The van der Waals surface area contributed by atoms with E-state index in [9.17, 15) is 9.59 Å². The second-order valence-corrected chi connectivity index (χ2v) is 8.73. The van der Waals surface area contributed by atoms with E-state index in [1.54, 1.807) is 52.5 Å². The van der Waals surface area contributed by atoms with Crippen LogP contribution >= 0.6 is 0 Å². The van der Waals surface area contributed by atoms with Crippen molar-refractivity contribution < 1.29 is 14.0 Å². The van der Waals surface area contributed by atoms with Crippen molar-refractivity contribution in [2.75, 3.05) is 0 Å². The van der Waals surface area contributed by atoms with Crippen LogP contribution in [0.15, 0.2) is 95.9 Å². The van der Waals surface area contributed by atoms with Gasteiger partial charge >= 0.3 is 0 Å². The maximum Gasteiger partial charge on any atom is 0.247 e. The highest BCUT2D eigenvalue weighted by Crippen LogP contribution is 2.25. The molecule has 5 rings (SSSR count). The highest BCUT2D eigenvalue weighted by Gasteiger charge is 2.32. The summed E-state index contributed by atoms with van der Waals surface area (Å²) in [5.41, 5.74) is 4.04. The first-order chi connectivity index (χ1) is 18.1. The molecule has 0 spiro atoms. The van der Waals surface area contributed by atoms with Crippen molar-refractivity contribution in [3.63, 3.8) is 0 Å². The lowest BCUT2D eigenvalue weighted by molar-refractivity contribution is -0.142. The Morgan fingerprint density at radius 2 is 1.86 bits per heavy atom. The number of hydrogen-bond acceptors (Lipinski definition) is 6. The molecule has 37 heavy (non-hydrogen) atoms. The summed E-state index contributed by atoms with van der Waals surface area (Å²) in [5, 5.41) is 11.3. The van der Waals surface area contributed by atoms with Gasteiger partial charge in [-0.05, 0) is 42.8 Å². The van der Waals surface area contributed by atoms with Gasteiger partial charge in [0.25, 0.3) is 0 Å². The second kappa shape index (κ2) is 10.9. The zero-order valence-corrected chi connectivity index (χ0v) is 20.3. The smallest absolute Gasteiger partial charge is 0.247 e. The van der Waals surface area contributed by atoms with Gasteiger partial charge in [-0.2, -0.15) is 0 Å². The van der Waals surface area contributed by atoms with Gasteiger partial charge in [0.15, 0.2) is 0 Å². The van der Waals surface area contributed by atoms with Crippen LogP contribution in [0.25, 0.3) is 11.0 Å². The van der Waals surface area contributed by atoms with Gasteiger partial charge in [0.2, 0.25) is 11.8 Å². The maximum atomic E-state index is 13.9. The fourth-order valence-electron chi connectivity index (χ4n) is 4.16. The molecule has 1 N–H and O–H groups in total. The first-order valence-corrected chi connectivity index (χ1v) is 11.9. The van der Waals surface area contributed by atoms with E-state index in [2.05, 4.69) is 20.6 Å². The van der Waals surface area contributed by atoms with E-state index in [1.165, 1.54) is 0 Å². The molecule has 2 aromatic carbocycles. The number of para-hydroxylation sites is 1. The van der Waals surface area contributed by atoms with E-state index in [4.69, 9.17) is 4.42 Å². The Kier molecular flexibility index (Phi) is 7.02. The van der Waals surface area contributed by atoms with E-state index < -0.39 is 6.04 Å². The number of furan rings is 1. The molecule has 2 amide bonds. The van der Waals surface area contributed by atoms with E-state index in [0.29, 0.717) is 16.8 Å². The van der Waals surface area contributed by atoms with Crippen molar-refractivity contribution in [2.45, 2.75) is 32.6 Å². The molecule has 0 saturated heterocycles. The summed E-state index contributed by atoms with van der Waals surface area (Å²) in [7, 11) is 0. The molecular formula is C28H26N6O3. The molecule has 3 heterocycles. The van der Waals surface area contributed by atoms with Crippen molar-refractivity contribution in [1.82, 2.24) is 30.2 Å². The minimum absolute atomic E-state index is 0.0748. The van der Waals surface area contributed by atoms with Crippen molar-refractivity contribution in [1.29, 1.82) is 0 Å².